The molecule has 0 aliphatic carbocycles. The van der Waals surface area contributed by atoms with E-state index in [1.54, 1.807) is 35.4 Å². The number of ether oxygens (including phenoxy) is 1. The van der Waals surface area contributed by atoms with Gasteiger partial charge in [0.05, 0.1) is 6.04 Å². The van der Waals surface area contributed by atoms with Crippen LogP contribution in [0.2, 0.25) is 5.02 Å². The van der Waals surface area contributed by atoms with Crippen molar-refractivity contribution in [2.24, 2.45) is 0 Å². The van der Waals surface area contributed by atoms with Gasteiger partial charge < -0.3 is 10.1 Å². The number of nitrogens with one attached hydrogen (secondary N) is 1. The Bertz CT molecular complexity index is 918. The van der Waals surface area contributed by atoms with E-state index in [4.69, 9.17) is 16.3 Å². The first-order valence-corrected chi connectivity index (χ1v) is 8.47. The van der Waals surface area contributed by atoms with Crippen molar-refractivity contribution in [2.45, 2.75) is 6.04 Å². The van der Waals surface area contributed by atoms with Gasteiger partial charge in [0.25, 0.3) is 0 Å². The van der Waals surface area contributed by atoms with Crippen molar-refractivity contribution in [3.05, 3.63) is 77.4 Å². The molecule has 7 heteroatoms. The van der Waals surface area contributed by atoms with Crippen LogP contribution in [0.4, 0.5) is 10.5 Å². The number of nitrogens with zero attached hydrogens (tertiary/aromatic N) is 3. The fourth-order valence-corrected chi connectivity index (χ4v) is 3.04. The van der Waals surface area contributed by atoms with E-state index in [0.29, 0.717) is 23.2 Å². The van der Waals surface area contributed by atoms with Gasteiger partial charge in [-0.05, 0) is 48.0 Å². The number of hydrogen-bond donors (Lipinski definition) is 1. The number of carbonyl (C=O) groups excluding carboxylic acids is 1. The molecule has 1 aliphatic rings. The maximum Gasteiger partial charge on any atom is 0.322 e. The third kappa shape index (κ3) is 3.32. The minimum absolute atomic E-state index is 0.141. The van der Waals surface area contributed by atoms with E-state index in [-0.39, 0.29) is 12.1 Å². The van der Waals surface area contributed by atoms with Crippen LogP contribution in [0, 0.1) is 0 Å². The molecule has 130 valence electrons. The molecule has 1 fully saturated rings. The molecule has 4 rings (SSSR count). The predicted molar refractivity (Wildman–Crippen MR) is 98.6 cm³/mol. The van der Waals surface area contributed by atoms with E-state index in [2.05, 4.69) is 15.5 Å². The topological polar surface area (TPSA) is 67.3 Å². The summed E-state index contributed by atoms with van der Waals surface area (Å²) in [7, 11) is 0. The Morgan fingerprint density at radius 2 is 1.96 bits per heavy atom. The molecule has 0 saturated carbocycles. The van der Waals surface area contributed by atoms with Crippen molar-refractivity contribution in [2.75, 3.05) is 11.4 Å². The first-order valence-electron chi connectivity index (χ1n) is 8.09. The number of halogens is 1. The summed E-state index contributed by atoms with van der Waals surface area (Å²) in [6.45, 7) is 0.510. The van der Waals surface area contributed by atoms with Crippen LogP contribution < -0.4 is 15.0 Å². The largest absolute Gasteiger partial charge is 0.438 e. The summed E-state index contributed by atoms with van der Waals surface area (Å²) >= 11 is 5.96. The highest BCUT2D eigenvalue weighted by Crippen LogP contribution is 2.33. The van der Waals surface area contributed by atoms with E-state index < -0.39 is 0 Å². The molecule has 3 aromatic rings. The Kier molecular flexibility index (Phi) is 4.41. The average molecular weight is 367 g/mol. The lowest BCUT2D eigenvalue weighted by Crippen LogP contribution is -2.29. The molecule has 2 heterocycles. The number of rotatable bonds is 4. The summed E-state index contributed by atoms with van der Waals surface area (Å²) in [4.78, 5) is 14.1. The second-order valence-electron chi connectivity index (χ2n) is 5.78. The van der Waals surface area contributed by atoms with Crippen molar-refractivity contribution in [3.63, 3.8) is 0 Å². The van der Waals surface area contributed by atoms with Crippen LogP contribution in [0.5, 0.6) is 11.6 Å². The van der Waals surface area contributed by atoms with E-state index in [1.807, 2.05) is 36.4 Å². The number of aromatic nitrogens is 2. The normalized spacial score (nSPS) is 16.4. The van der Waals surface area contributed by atoms with Gasteiger partial charge in [-0.15, -0.1) is 5.10 Å². The van der Waals surface area contributed by atoms with Crippen molar-refractivity contribution in [3.8, 4) is 11.6 Å². The standard InChI is InChI=1S/C19H15ClN4O2/c20-14-6-8-15(9-7-14)24-17(12-21-19(24)25)13-3-1-4-16(11-13)26-18-5-2-10-22-23-18/h1-11,17H,12H2,(H,21,25). The fourth-order valence-electron chi connectivity index (χ4n) is 2.92. The van der Waals surface area contributed by atoms with Gasteiger partial charge >= 0.3 is 6.03 Å². The Morgan fingerprint density at radius 1 is 1.12 bits per heavy atom. The fraction of sp³-hybridized carbons (Fsp3) is 0.105. The van der Waals surface area contributed by atoms with Gasteiger partial charge in [-0.3, -0.25) is 4.90 Å². The van der Waals surface area contributed by atoms with Crippen LogP contribution >= 0.6 is 11.6 Å². The summed E-state index contributed by atoms with van der Waals surface area (Å²) in [5.74, 6) is 1.05. The molecule has 0 bridgehead atoms. The van der Waals surface area contributed by atoms with Gasteiger partial charge in [-0.2, -0.15) is 5.10 Å². The van der Waals surface area contributed by atoms with Crippen LogP contribution in [0.1, 0.15) is 11.6 Å². The highest BCUT2D eigenvalue weighted by Gasteiger charge is 2.33. The second kappa shape index (κ2) is 7.01. The lowest BCUT2D eigenvalue weighted by molar-refractivity contribution is 0.251. The molecule has 0 radical (unpaired) electrons. The van der Waals surface area contributed by atoms with Gasteiger partial charge in [0, 0.05) is 29.5 Å². The van der Waals surface area contributed by atoms with Gasteiger partial charge in [-0.25, -0.2) is 4.79 Å². The van der Waals surface area contributed by atoms with Crippen LogP contribution in [-0.2, 0) is 0 Å². The zero-order valence-electron chi connectivity index (χ0n) is 13.7. The van der Waals surface area contributed by atoms with Gasteiger partial charge in [0.1, 0.15) is 5.75 Å². The molecular formula is C19H15ClN4O2. The number of benzene rings is 2. The minimum Gasteiger partial charge on any atom is -0.438 e. The van der Waals surface area contributed by atoms with Crippen molar-refractivity contribution in [1.29, 1.82) is 0 Å². The van der Waals surface area contributed by atoms with Crippen molar-refractivity contribution < 1.29 is 9.53 Å². The Balaban J connectivity index is 1.62. The number of anilines is 1. The molecule has 2 aromatic carbocycles. The van der Waals surface area contributed by atoms with E-state index in [0.717, 1.165) is 11.3 Å². The van der Waals surface area contributed by atoms with Crippen LogP contribution in [0.3, 0.4) is 0 Å². The number of urea groups is 1. The SMILES string of the molecule is O=C1NCC(c2cccc(Oc3cccnn3)c2)N1c1ccc(Cl)cc1. The highest BCUT2D eigenvalue weighted by molar-refractivity contribution is 6.30. The first kappa shape index (κ1) is 16.4. The maximum atomic E-state index is 12.4. The van der Waals surface area contributed by atoms with Gasteiger partial charge in [0.15, 0.2) is 0 Å². The van der Waals surface area contributed by atoms with Crippen molar-refractivity contribution >= 4 is 23.3 Å². The Labute approximate surface area is 155 Å². The molecule has 1 atom stereocenters. The predicted octanol–water partition coefficient (Wildman–Crippen LogP) is 4.19. The highest BCUT2D eigenvalue weighted by atomic mass is 35.5. The number of amides is 2. The van der Waals surface area contributed by atoms with E-state index in [9.17, 15) is 4.79 Å². The minimum atomic E-state index is -0.144. The van der Waals surface area contributed by atoms with E-state index >= 15 is 0 Å². The summed E-state index contributed by atoms with van der Waals surface area (Å²) in [6, 6.07) is 18.0. The molecular weight excluding hydrogens is 352 g/mol. The Morgan fingerprint density at radius 3 is 2.73 bits per heavy atom. The van der Waals surface area contributed by atoms with Crippen LogP contribution in [0.15, 0.2) is 66.9 Å². The lowest BCUT2D eigenvalue weighted by Gasteiger charge is -2.24. The molecule has 1 unspecified atom stereocenters. The van der Waals surface area contributed by atoms with Gasteiger partial charge in [0.2, 0.25) is 5.88 Å². The molecule has 0 spiro atoms. The van der Waals surface area contributed by atoms with Crippen LogP contribution in [-0.4, -0.2) is 22.8 Å². The third-order valence-corrected chi connectivity index (χ3v) is 4.35. The average Bonchev–Trinajstić information content (AvgIpc) is 3.05. The molecule has 1 N–H and O–H groups in total. The quantitative estimate of drug-likeness (QED) is 0.751. The molecule has 1 aliphatic heterocycles. The van der Waals surface area contributed by atoms with Crippen LogP contribution in [0.25, 0.3) is 0 Å². The monoisotopic (exact) mass is 366 g/mol. The summed E-state index contributed by atoms with van der Waals surface area (Å²) in [6.07, 6.45) is 1.59. The van der Waals surface area contributed by atoms with E-state index in [1.165, 1.54) is 0 Å². The molecule has 1 aromatic heterocycles. The first-order chi connectivity index (χ1) is 12.7. The van der Waals surface area contributed by atoms with Gasteiger partial charge in [-0.1, -0.05) is 23.7 Å². The van der Waals surface area contributed by atoms with Crippen molar-refractivity contribution in [1.82, 2.24) is 15.5 Å². The zero-order valence-corrected chi connectivity index (χ0v) is 14.4. The lowest BCUT2D eigenvalue weighted by atomic mass is 10.1. The number of carbonyl (C=O) groups is 1. The third-order valence-electron chi connectivity index (χ3n) is 4.10. The molecule has 26 heavy (non-hydrogen) atoms. The Hall–Kier alpha value is -3.12. The zero-order chi connectivity index (χ0) is 17.9. The molecule has 6 nitrogen and oxygen atoms in total. The molecule has 1 saturated heterocycles. The maximum absolute atomic E-state index is 12.4. The molecule has 2 amide bonds. The number of hydrogen-bond acceptors (Lipinski definition) is 4. The second-order valence-corrected chi connectivity index (χ2v) is 6.22. The summed E-state index contributed by atoms with van der Waals surface area (Å²) < 4.78 is 5.75. The summed E-state index contributed by atoms with van der Waals surface area (Å²) in [5, 5.41) is 11.2. The smallest absolute Gasteiger partial charge is 0.322 e. The summed E-state index contributed by atoms with van der Waals surface area (Å²) in [5.41, 5.74) is 1.74.